The maximum Gasteiger partial charge on any atom is 0.0838 e. The van der Waals surface area contributed by atoms with Crippen molar-refractivity contribution in [2.45, 2.75) is 18.4 Å². The number of β-amino-alcohol motifs (C(OH)–C–C–N with tert-alkyl or cyclic N) is 1. The van der Waals surface area contributed by atoms with Gasteiger partial charge in [-0.2, -0.15) is 5.10 Å². The molecule has 4 nitrogen and oxygen atoms in total. The molecule has 0 radical (unpaired) electrons. The molecule has 0 aromatic carbocycles. The normalized spacial score (nSPS) is 28.2. The van der Waals surface area contributed by atoms with Gasteiger partial charge in [0.05, 0.1) is 5.60 Å². The van der Waals surface area contributed by atoms with Crippen LogP contribution in [0.15, 0.2) is 12.3 Å². The van der Waals surface area contributed by atoms with E-state index in [0.717, 1.165) is 18.7 Å². The van der Waals surface area contributed by atoms with Gasteiger partial charge in [0.2, 0.25) is 0 Å². The lowest BCUT2D eigenvalue weighted by Gasteiger charge is -2.20. The van der Waals surface area contributed by atoms with Crippen molar-refractivity contribution < 1.29 is 5.11 Å². The number of aryl methyl sites for hydroxylation is 1. The van der Waals surface area contributed by atoms with Gasteiger partial charge < -0.3 is 10.4 Å². The van der Waals surface area contributed by atoms with Crippen LogP contribution in [0.5, 0.6) is 0 Å². The first-order chi connectivity index (χ1) is 6.20. The molecule has 0 aliphatic carbocycles. The Hall–Kier alpha value is -0.870. The van der Waals surface area contributed by atoms with Gasteiger partial charge in [-0.05, 0) is 19.0 Å². The zero-order chi connectivity index (χ0) is 9.31. The molecule has 2 rings (SSSR count). The van der Waals surface area contributed by atoms with Gasteiger partial charge >= 0.3 is 0 Å². The van der Waals surface area contributed by atoms with Crippen LogP contribution in [0.2, 0.25) is 0 Å². The Kier molecular flexibility index (Phi) is 2.09. The number of rotatable bonds is 2. The molecule has 2 heterocycles. The van der Waals surface area contributed by atoms with Crippen LogP contribution in [-0.4, -0.2) is 33.6 Å². The van der Waals surface area contributed by atoms with E-state index in [1.807, 2.05) is 17.8 Å². The van der Waals surface area contributed by atoms with E-state index in [0.29, 0.717) is 13.0 Å². The summed E-state index contributed by atoms with van der Waals surface area (Å²) < 4.78 is 1.82. The van der Waals surface area contributed by atoms with E-state index in [2.05, 4.69) is 10.4 Å². The Bertz CT molecular complexity index is 289. The molecule has 0 bridgehead atoms. The van der Waals surface area contributed by atoms with E-state index >= 15 is 0 Å². The summed E-state index contributed by atoms with van der Waals surface area (Å²) in [7, 11) is 1.90. The number of nitrogens with one attached hydrogen (secondary N) is 1. The number of hydrogen-bond acceptors (Lipinski definition) is 3. The van der Waals surface area contributed by atoms with Crippen molar-refractivity contribution >= 4 is 0 Å². The first-order valence-electron chi connectivity index (χ1n) is 4.60. The van der Waals surface area contributed by atoms with Gasteiger partial charge in [-0.25, -0.2) is 0 Å². The van der Waals surface area contributed by atoms with E-state index in [1.165, 1.54) is 0 Å². The molecule has 1 aliphatic heterocycles. The zero-order valence-corrected chi connectivity index (χ0v) is 7.82. The van der Waals surface area contributed by atoms with E-state index in [4.69, 9.17) is 0 Å². The van der Waals surface area contributed by atoms with Crippen LogP contribution in [0.25, 0.3) is 0 Å². The number of hydrogen-bond donors (Lipinski definition) is 2. The largest absolute Gasteiger partial charge is 0.388 e. The van der Waals surface area contributed by atoms with Gasteiger partial charge in [0, 0.05) is 31.9 Å². The highest BCUT2D eigenvalue weighted by Gasteiger charge is 2.31. The molecule has 0 saturated carbocycles. The second-order valence-electron chi connectivity index (χ2n) is 3.77. The van der Waals surface area contributed by atoms with E-state index in [9.17, 15) is 5.11 Å². The highest BCUT2D eigenvalue weighted by atomic mass is 16.3. The summed E-state index contributed by atoms with van der Waals surface area (Å²) >= 11 is 0. The Morgan fingerprint density at radius 2 is 2.62 bits per heavy atom. The highest BCUT2D eigenvalue weighted by molar-refractivity contribution is 5.06. The SMILES string of the molecule is Cn1nccc1CC1(O)CCNC1. The Morgan fingerprint density at radius 3 is 3.15 bits per heavy atom. The fourth-order valence-corrected chi connectivity index (χ4v) is 1.79. The van der Waals surface area contributed by atoms with Crippen LogP contribution in [0, 0.1) is 0 Å². The molecule has 2 N–H and O–H groups in total. The molecule has 0 amide bonds. The second-order valence-corrected chi connectivity index (χ2v) is 3.77. The van der Waals surface area contributed by atoms with E-state index in [-0.39, 0.29) is 0 Å². The monoisotopic (exact) mass is 181 g/mol. The van der Waals surface area contributed by atoms with Gasteiger partial charge in [-0.1, -0.05) is 0 Å². The lowest BCUT2D eigenvalue weighted by molar-refractivity contribution is 0.0599. The molecule has 1 aromatic rings. The molecule has 72 valence electrons. The molecule has 1 aromatic heterocycles. The van der Waals surface area contributed by atoms with Crippen LogP contribution >= 0.6 is 0 Å². The van der Waals surface area contributed by atoms with Crippen molar-refractivity contribution in [1.82, 2.24) is 15.1 Å². The summed E-state index contributed by atoms with van der Waals surface area (Å²) in [5.74, 6) is 0. The standard InChI is InChI=1S/C9H15N3O/c1-12-8(2-4-11-12)6-9(13)3-5-10-7-9/h2,4,10,13H,3,5-7H2,1H3. The van der Waals surface area contributed by atoms with Crippen molar-refractivity contribution in [3.05, 3.63) is 18.0 Å². The van der Waals surface area contributed by atoms with Gasteiger partial charge in [-0.15, -0.1) is 0 Å². The lowest BCUT2D eigenvalue weighted by atomic mass is 9.97. The molecular weight excluding hydrogens is 166 g/mol. The predicted octanol–water partition coefficient (Wildman–Crippen LogP) is -0.313. The van der Waals surface area contributed by atoms with Crippen molar-refractivity contribution in [3.8, 4) is 0 Å². The molecule has 1 aliphatic rings. The predicted molar refractivity (Wildman–Crippen MR) is 49.3 cm³/mol. The van der Waals surface area contributed by atoms with Crippen molar-refractivity contribution in [3.63, 3.8) is 0 Å². The first kappa shape index (κ1) is 8.72. The molecule has 0 spiro atoms. The molecular formula is C9H15N3O. The molecule has 4 heteroatoms. The fraction of sp³-hybridized carbons (Fsp3) is 0.667. The molecule has 1 saturated heterocycles. The third-order valence-electron chi connectivity index (χ3n) is 2.65. The number of aromatic nitrogens is 2. The Balaban J connectivity index is 2.09. The average molecular weight is 181 g/mol. The highest BCUT2D eigenvalue weighted by Crippen LogP contribution is 2.19. The number of aliphatic hydroxyl groups is 1. The van der Waals surface area contributed by atoms with Gasteiger partial charge in [0.25, 0.3) is 0 Å². The van der Waals surface area contributed by atoms with Gasteiger partial charge in [0.15, 0.2) is 0 Å². The fourth-order valence-electron chi connectivity index (χ4n) is 1.79. The molecule has 1 fully saturated rings. The minimum atomic E-state index is -0.562. The summed E-state index contributed by atoms with van der Waals surface area (Å²) in [5, 5.41) is 17.3. The minimum absolute atomic E-state index is 0.562. The maximum absolute atomic E-state index is 10.1. The van der Waals surface area contributed by atoms with Crippen molar-refractivity contribution in [2.75, 3.05) is 13.1 Å². The molecule has 1 atom stereocenters. The zero-order valence-electron chi connectivity index (χ0n) is 7.82. The average Bonchev–Trinajstić information content (AvgIpc) is 2.64. The Morgan fingerprint density at radius 1 is 1.77 bits per heavy atom. The van der Waals surface area contributed by atoms with Crippen LogP contribution in [-0.2, 0) is 13.5 Å². The third-order valence-corrected chi connectivity index (χ3v) is 2.65. The van der Waals surface area contributed by atoms with Crippen LogP contribution < -0.4 is 5.32 Å². The first-order valence-corrected chi connectivity index (χ1v) is 4.60. The Labute approximate surface area is 77.6 Å². The quantitative estimate of drug-likeness (QED) is 0.658. The summed E-state index contributed by atoms with van der Waals surface area (Å²) in [6.45, 7) is 1.60. The van der Waals surface area contributed by atoms with E-state index in [1.54, 1.807) is 6.20 Å². The lowest BCUT2D eigenvalue weighted by Crippen LogP contribution is -2.34. The summed E-state index contributed by atoms with van der Waals surface area (Å²) in [4.78, 5) is 0. The molecule has 1 unspecified atom stereocenters. The van der Waals surface area contributed by atoms with Crippen molar-refractivity contribution in [1.29, 1.82) is 0 Å². The van der Waals surface area contributed by atoms with Crippen LogP contribution in [0.4, 0.5) is 0 Å². The van der Waals surface area contributed by atoms with Crippen molar-refractivity contribution in [2.24, 2.45) is 7.05 Å². The summed E-state index contributed by atoms with van der Waals surface area (Å²) in [6, 6.07) is 1.95. The maximum atomic E-state index is 10.1. The van der Waals surface area contributed by atoms with Gasteiger partial charge in [-0.3, -0.25) is 4.68 Å². The minimum Gasteiger partial charge on any atom is -0.388 e. The third kappa shape index (κ3) is 1.73. The van der Waals surface area contributed by atoms with Gasteiger partial charge in [0.1, 0.15) is 0 Å². The van der Waals surface area contributed by atoms with Crippen LogP contribution in [0.3, 0.4) is 0 Å². The topological polar surface area (TPSA) is 50.1 Å². The summed E-state index contributed by atoms with van der Waals surface area (Å²) in [5.41, 5.74) is 0.527. The smallest absolute Gasteiger partial charge is 0.0838 e. The summed E-state index contributed by atoms with van der Waals surface area (Å²) in [6.07, 6.45) is 3.29. The number of nitrogens with zero attached hydrogens (tertiary/aromatic N) is 2. The van der Waals surface area contributed by atoms with Crippen LogP contribution in [0.1, 0.15) is 12.1 Å². The second kappa shape index (κ2) is 3.12. The van der Waals surface area contributed by atoms with E-state index < -0.39 is 5.60 Å². The molecule has 13 heavy (non-hydrogen) atoms.